The van der Waals surface area contributed by atoms with Crippen molar-refractivity contribution in [3.8, 4) is 0 Å². The first-order valence-corrected chi connectivity index (χ1v) is 10.9. The normalized spacial score (nSPS) is 20.1. The lowest BCUT2D eigenvalue weighted by Crippen LogP contribution is -2.59. The third-order valence-corrected chi connectivity index (χ3v) is 5.60. The summed E-state index contributed by atoms with van der Waals surface area (Å²) in [7, 11) is 1.54. The van der Waals surface area contributed by atoms with E-state index in [-0.39, 0.29) is 23.9 Å². The second kappa shape index (κ2) is 10.5. The summed E-state index contributed by atoms with van der Waals surface area (Å²) < 4.78 is 67.2. The Morgan fingerprint density at radius 2 is 1.94 bits per heavy atom. The van der Waals surface area contributed by atoms with Gasteiger partial charge in [-0.05, 0) is 18.9 Å². The quantitative estimate of drug-likeness (QED) is 0.385. The standard InChI is InChI=1S/C22H25F5N8O/c1-12-6-21(23,24)11-35(16(12)10-33-20-31-7-14(8-32-20)22(25,26)27)19(36)17(28)15(9-29-3)18-30-5-4-13(2)34-18/h4-5,7-9,12,16,28-29H,6,10-11H2,1-3H3,(H,31,32,33)/b15-9+,28-17?. The smallest absolute Gasteiger partial charge is 0.393 e. The van der Waals surface area contributed by atoms with Gasteiger partial charge in [0.1, 0.15) is 5.71 Å². The minimum atomic E-state index is -4.61. The highest BCUT2D eigenvalue weighted by Crippen LogP contribution is 2.35. The van der Waals surface area contributed by atoms with E-state index in [1.165, 1.54) is 19.3 Å². The molecule has 2 aromatic heterocycles. The minimum Gasteiger partial charge on any atom is -0.393 e. The second-order valence-electron chi connectivity index (χ2n) is 8.46. The number of piperidine rings is 1. The molecule has 2 aromatic rings. The van der Waals surface area contributed by atoms with Crippen LogP contribution in [0, 0.1) is 18.3 Å². The number of hydrogen-bond acceptors (Lipinski definition) is 8. The van der Waals surface area contributed by atoms with E-state index in [9.17, 15) is 26.7 Å². The number of rotatable bonds is 7. The Morgan fingerprint density at radius 3 is 2.53 bits per heavy atom. The fourth-order valence-corrected chi connectivity index (χ4v) is 3.87. The Hall–Kier alpha value is -3.71. The van der Waals surface area contributed by atoms with E-state index in [0.29, 0.717) is 18.1 Å². The van der Waals surface area contributed by atoms with Crippen molar-refractivity contribution in [1.82, 2.24) is 30.2 Å². The maximum atomic E-state index is 14.5. The van der Waals surface area contributed by atoms with Crippen LogP contribution in [0.1, 0.15) is 30.4 Å². The van der Waals surface area contributed by atoms with Crippen LogP contribution in [0.25, 0.3) is 5.57 Å². The Balaban J connectivity index is 1.84. The lowest BCUT2D eigenvalue weighted by molar-refractivity contribution is -0.145. The van der Waals surface area contributed by atoms with Crippen LogP contribution in [0.2, 0.25) is 0 Å². The van der Waals surface area contributed by atoms with Gasteiger partial charge in [0.25, 0.3) is 11.8 Å². The topological polar surface area (TPSA) is 120 Å². The van der Waals surface area contributed by atoms with Gasteiger partial charge in [0.2, 0.25) is 5.95 Å². The zero-order valence-electron chi connectivity index (χ0n) is 19.7. The summed E-state index contributed by atoms with van der Waals surface area (Å²) in [5, 5.41) is 13.9. The molecular formula is C22H25F5N8O. The van der Waals surface area contributed by atoms with Crippen LogP contribution in [0.5, 0.6) is 0 Å². The number of amides is 1. The van der Waals surface area contributed by atoms with Crippen LogP contribution < -0.4 is 10.6 Å². The van der Waals surface area contributed by atoms with Crippen molar-refractivity contribution < 1.29 is 26.7 Å². The first kappa shape index (κ1) is 26.9. The molecule has 0 bridgehead atoms. The van der Waals surface area contributed by atoms with E-state index in [1.54, 1.807) is 20.0 Å². The third kappa shape index (κ3) is 6.29. The summed E-state index contributed by atoms with van der Waals surface area (Å²) in [6.07, 6.45) is -1.13. The zero-order valence-corrected chi connectivity index (χ0v) is 19.7. The number of aromatic nitrogens is 4. The molecule has 2 atom stereocenters. The number of hydrogen-bond donors (Lipinski definition) is 3. The molecule has 0 radical (unpaired) electrons. The van der Waals surface area contributed by atoms with Crippen molar-refractivity contribution in [3.05, 3.63) is 47.9 Å². The average Bonchev–Trinajstić information content (AvgIpc) is 2.80. The molecule has 0 saturated carbocycles. The second-order valence-corrected chi connectivity index (χ2v) is 8.46. The monoisotopic (exact) mass is 512 g/mol. The molecule has 2 unspecified atom stereocenters. The molecule has 3 rings (SSSR count). The van der Waals surface area contributed by atoms with E-state index >= 15 is 0 Å². The molecule has 0 aliphatic carbocycles. The molecule has 1 amide bonds. The Morgan fingerprint density at radius 1 is 1.28 bits per heavy atom. The van der Waals surface area contributed by atoms with E-state index in [2.05, 4.69) is 30.6 Å². The van der Waals surface area contributed by atoms with E-state index < -0.39 is 54.2 Å². The van der Waals surface area contributed by atoms with Gasteiger partial charge in [-0.25, -0.2) is 28.7 Å². The molecule has 1 fully saturated rings. The SMILES string of the molecule is CN/C=C(\C(=N)C(=O)N1CC(F)(F)CC(C)C1CNc1ncc(C(F)(F)F)cn1)c1nccc(C)n1. The van der Waals surface area contributed by atoms with Gasteiger partial charge in [0.05, 0.1) is 23.7 Å². The molecule has 0 aromatic carbocycles. The van der Waals surface area contributed by atoms with Gasteiger partial charge in [-0.15, -0.1) is 0 Å². The number of nitrogens with zero attached hydrogens (tertiary/aromatic N) is 5. The number of alkyl halides is 5. The number of anilines is 1. The molecule has 1 aliphatic heterocycles. The van der Waals surface area contributed by atoms with E-state index in [4.69, 9.17) is 5.41 Å². The fourth-order valence-electron chi connectivity index (χ4n) is 3.87. The average molecular weight is 512 g/mol. The highest BCUT2D eigenvalue weighted by Gasteiger charge is 2.47. The summed E-state index contributed by atoms with van der Waals surface area (Å²) in [6.45, 7) is 2.18. The van der Waals surface area contributed by atoms with E-state index in [1.807, 2.05) is 0 Å². The van der Waals surface area contributed by atoms with Crippen molar-refractivity contribution in [1.29, 1.82) is 5.41 Å². The number of likely N-dealkylation sites (tertiary alicyclic amines) is 1. The molecular weight excluding hydrogens is 487 g/mol. The number of halogens is 5. The summed E-state index contributed by atoms with van der Waals surface area (Å²) in [4.78, 5) is 29.8. The van der Waals surface area contributed by atoms with Gasteiger partial charge >= 0.3 is 6.18 Å². The Bertz CT molecular complexity index is 1140. The molecule has 1 aliphatic rings. The first-order valence-electron chi connectivity index (χ1n) is 10.9. The van der Waals surface area contributed by atoms with E-state index in [0.717, 1.165) is 4.90 Å². The molecule has 36 heavy (non-hydrogen) atoms. The van der Waals surface area contributed by atoms with Gasteiger partial charge in [0, 0.05) is 50.5 Å². The first-order chi connectivity index (χ1) is 16.8. The van der Waals surface area contributed by atoms with Crippen LogP contribution in [0.3, 0.4) is 0 Å². The molecule has 0 spiro atoms. The van der Waals surface area contributed by atoms with Crippen LogP contribution in [-0.2, 0) is 11.0 Å². The van der Waals surface area contributed by atoms with Crippen molar-refractivity contribution in [2.75, 3.05) is 25.5 Å². The Kier molecular flexibility index (Phi) is 7.84. The fraction of sp³-hybridized carbons (Fsp3) is 0.455. The number of carbonyl (C=O) groups excluding carboxylic acids is 1. The van der Waals surface area contributed by atoms with Gasteiger partial charge in [0.15, 0.2) is 5.82 Å². The van der Waals surface area contributed by atoms with Crippen molar-refractivity contribution in [3.63, 3.8) is 0 Å². The van der Waals surface area contributed by atoms with Crippen molar-refractivity contribution in [2.45, 2.75) is 38.4 Å². The molecule has 3 heterocycles. The molecule has 14 heteroatoms. The maximum absolute atomic E-state index is 14.5. The largest absolute Gasteiger partial charge is 0.419 e. The highest BCUT2D eigenvalue weighted by molar-refractivity contribution is 6.54. The molecule has 1 saturated heterocycles. The summed E-state index contributed by atoms with van der Waals surface area (Å²) >= 11 is 0. The van der Waals surface area contributed by atoms with Crippen molar-refractivity contribution >= 4 is 23.1 Å². The maximum Gasteiger partial charge on any atom is 0.419 e. The lowest BCUT2D eigenvalue weighted by atomic mass is 9.87. The van der Waals surface area contributed by atoms with Crippen LogP contribution >= 0.6 is 0 Å². The summed E-state index contributed by atoms with van der Waals surface area (Å²) in [5.41, 5.74) is -1.02. The predicted molar refractivity (Wildman–Crippen MR) is 121 cm³/mol. The van der Waals surface area contributed by atoms with Crippen LogP contribution in [0.4, 0.5) is 27.9 Å². The molecule has 194 valence electrons. The van der Waals surface area contributed by atoms with Gasteiger partial charge < -0.3 is 15.5 Å². The third-order valence-electron chi connectivity index (χ3n) is 5.60. The van der Waals surface area contributed by atoms with Crippen molar-refractivity contribution in [2.24, 2.45) is 5.92 Å². The minimum absolute atomic E-state index is 0.0190. The van der Waals surface area contributed by atoms with Crippen LogP contribution in [-0.4, -0.2) is 68.6 Å². The number of nitrogens with one attached hydrogen (secondary N) is 3. The summed E-state index contributed by atoms with van der Waals surface area (Å²) in [5.74, 6) is -4.94. The zero-order chi connectivity index (χ0) is 26.7. The van der Waals surface area contributed by atoms with Crippen LogP contribution in [0.15, 0.2) is 30.9 Å². The number of carbonyl (C=O) groups is 1. The Labute approximate surface area is 203 Å². The lowest BCUT2D eigenvalue weighted by Gasteiger charge is -2.43. The number of aryl methyl sites for hydroxylation is 1. The molecule has 3 N–H and O–H groups in total. The van der Waals surface area contributed by atoms with Gasteiger partial charge in [-0.1, -0.05) is 6.92 Å². The highest BCUT2D eigenvalue weighted by atomic mass is 19.4. The predicted octanol–water partition coefficient (Wildman–Crippen LogP) is 3.16. The summed E-state index contributed by atoms with van der Waals surface area (Å²) in [6, 6.07) is 0.807. The molecule has 9 nitrogen and oxygen atoms in total. The van der Waals surface area contributed by atoms with Gasteiger partial charge in [-0.2, -0.15) is 13.2 Å². The van der Waals surface area contributed by atoms with Gasteiger partial charge in [-0.3, -0.25) is 10.2 Å².